The van der Waals surface area contributed by atoms with E-state index in [-0.39, 0.29) is 0 Å². The quantitative estimate of drug-likeness (QED) is 0.865. The number of aromatic nitrogens is 3. The summed E-state index contributed by atoms with van der Waals surface area (Å²) in [5, 5.41) is 3.99. The predicted molar refractivity (Wildman–Crippen MR) is 80.3 cm³/mol. The van der Waals surface area contributed by atoms with Crippen LogP contribution in [0.5, 0.6) is 0 Å². The van der Waals surface area contributed by atoms with Crippen LogP contribution in [-0.4, -0.2) is 28.2 Å². The smallest absolute Gasteiger partial charge is 0.225 e. The summed E-state index contributed by atoms with van der Waals surface area (Å²) >= 11 is 0. The molecule has 2 aromatic heterocycles. The molecule has 0 spiro atoms. The van der Waals surface area contributed by atoms with Gasteiger partial charge < -0.3 is 9.42 Å². The first-order valence-corrected chi connectivity index (χ1v) is 7.87. The molecule has 1 aliphatic carbocycles. The minimum atomic E-state index is 0.567. The van der Waals surface area contributed by atoms with E-state index in [2.05, 4.69) is 15.0 Å². The molecule has 0 atom stereocenters. The first-order chi connectivity index (χ1) is 10.3. The molecule has 3 heterocycles. The molecule has 2 fully saturated rings. The van der Waals surface area contributed by atoms with Crippen LogP contribution >= 0.6 is 0 Å². The molecule has 0 amide bonds. The molecule has 0 unspecified atom stereocenters. The minimum absolute atomic E-state index is 0.567. The van der Waals surface area contributed by atoms with E-state index in [9.17, 15) is 0 Å². The molecule has 1 saturated heterocycles. The third-order valence-corrected chi connectivity index (χ3v) is 4.30. The monoisotopic (exact) mass is 284 g/mol. The van der Waals surface area contributed by atoms with E-state index in [0.717, 1.165) is 41.7 Å². The molecule has 21 heavy (non-hydrogen) atoms. The van der Waals surface area contributed by atoms with Crippen LogP contribution in [0.2, 0.25) is 0 Å². The third kappa shape index (κ3) is 2.52. The van der Waals surface area contributed by atoms with Crippen molar-refractivity contribution in [3.05, 3.63) is 23.7 Å². The third-order valence-electron chi connectivity index (χ3n) is 4.30. The number of rotatable bonds is 3. The maximum Gasteiger partial charge on any atom is 0.225 e. The summed E-state index contributed by atoms with van der Waals surface area (Å²) in [7, 11) is 0. The van der Waals surface area contributed by atoms with E-state index >= 15 is 0 Å². The second-order valence-corrected chi connectivity index (χ2v) is 6.12. The summed E-state index contributed by atoms with van der Waals surface area (Å²) in [6.45, 7) is 4.09. The predicted octanol–water partition coefficient (Wildman–Crippen LogP) is 3.31. The zero-order chi connectivity index (χ0) is 14.2. The summed E-state index contributed by atoms with van der Waals surface area (Å²) in [6, 6.07) is 1.96. The lowest BCUT2D eigenvalue weighted by atomic mass is 10.1. The van der Waals surface area contributed by atoms with Crippen molar-refractivity contribution in [1.82, 2.24) is 15.1 Å². The molecule has 4 rings (SSSR count). The van der Waals surface area contributed by atoms with E-state index in [1.54, 1.807) is 0 Å². The highest BCUT2D eigenvalue weighted by atomic mass is 16.5. The Balaban J connectivity index is 1.71. The van der Waals surface area contributed by atoms with Gasteiger partial charge in [0.2, 0.25) is 5.95 Å². The summed E-state index contributed by atoms with van der Waals surface area (Å²) in [5.41, 5.74) is 3.05. The lowest BCUT2D eigenvalue weighted by Gasteiger charge is -2.27. The summed E-state index contributed by atoms with van der Waals surface area (Å²) in [4.78, 5) is 11.8. The maximum atomic E-state index is 5.41. The molecule has 1 saturated carbocycles. The summed E-state index contributed by atoms with van der Waals surface area (Å²) < 4.78 is 5.41. The first kappa shape index (κ1) is 12.8. The molecule has 110 valence electrons. The zero-order valence-corrected chi connectivity index (χ0v) is 12.4. The highest BCUT2D eigenvalue weighted by molar-refractivity contribution is 5.62. The fraction of sp³-hybridized carbons (Fsp3) is 0.562. The van der Waals surface area contributed by atoms with E-state index in [4.69, 9.17) is 9.51 Å². The zero-order valence-electron chi connectivity index (χ0n) is 12.4. The Bertz CT molecular complexity index is 641. The lowest BCUT2D eigenvalue weighted by Crippen LogP contribution is -2.31. The molecule has 2 aliphatic rings. The van der Waals surface area contributed by atoms with Gasteiger partial charge in [0.05, 0.1) is 17.0 Å². The molecule has 0 aromatic carbocycles. The first-order valence-electron chi connectivity index (χ1n) is 7.87. The van der Waals surface area contributed by atoms with Crippen molar-refractivity contribution in [1.29, 1.82) is 0 Å². The van der Waals surface area contributed by atoms with Gasteiger partial charge in [-0.3, -0.25) is 0 Å². The molecular weight excluding hydrogens is 264 g/mol. The van der Waals surface area contributed by atoms with Gasteiger partial charge in [-0.15, -0.1) is 0 Å². The van der Waals surface area contributed by atoms with Crippen LogP contribution in [0.1, 0.15) is 49.4 Å². The van der Waals surface area contributed by atoms with Crippen LogP contribution in [-0.2, 0) is 0 Å². The average molecular weight is 284 g/mol. The van der Waals surface area contributed by atoms with Crippen LogP contribution in [0, 0.1) is 6.92 Å². The Labute approximate surface area is 124 Å². The molecule has 5 heteroatoms. The molecule has 0 radical (unpaired) electrons. The van der Waals surface area contributed by atoms with Gasteiger partial charge in [-0.2, -0.15) is 0 Å². The lowest BCUT2D eigenvalue weighted by molar-refractivity contribution is 0.426. The van der Waals surface area contributed by atoms with Gasteiger partial charge >= 0.3 is 0 Å². The van der Waals surface area contributed by atoms with Gasteiger partial charge in [0, 0.05) is 31.3 Å². The molecule has 0 N–H and O–H groups in total. The maximum absolute atomic E-state index is 5.41. The van der Waals surface area contributed by atoms with E-state index in [0.29, 0.717) is 5.92 Å². The van der Waals surface area contributed by atoms with E-state index in [1.165, 1.54) is 32.1 Å². The highest BCUT2D eigenvalue weighted by Crippen LogP contribution is 2.43. The normalized spacial score (nSPS) is 19.0. The van der Waals surface area contributed by atoms with Gasteiger partial charge in [0.25, 0.3) is 0 Å². The number of hydrogen-bond donors (Lipinski definition) is 0. The fourth-order valence-electron chi connectivity index (χ4n) is 2.98. The number of piperidine rings is 1. The Hall–Kier alpha value is -1.91. The van der Waals surface area contributed by atoms with Crippen LogP contribution < -0.4 is 4.90 Å². The second kappa shape index (κ2) is 5.13. The van der Waals surface area contributed by atoms with Crippen molar-refractivity contribution < 1.29 is 4.52 Å². The summed E-state index contributed by atoms with van der Waals surface area (Å²) in [5.74, 6) is 2.24. The number of aryl methyl sites for hydroxylation is 1. The molecular formula is C16H20N4O. The Kier molecular flexibility index (Phi) is 3.13. The van der Waals surface area contributed by atoms with Gasteiger partial charge in [-0.1, -0.05) is 5.16 Å². The second-order valence-electron chi connectivity index (χ2n) is 6.12. The van der Waals surface area contributed by atoms with Gasteiger partial charge in [-0.25, -0.2) is 9.97 Å². The van der Waals surface area contributed by atoms with Gasteiger partial charge in [0.1, 0.15) is 0 Å². The van der Waals surface area contributed by atoms with Crippen molar-refractivity contribution in [3.63, 3.8) is 0 Å². The van der Waals surface area contributed by atoms with E-state index < -0.39 is 0 Å². The van der Waals surface area contributed by atoms with Crippen LogP contribution in [0.15, 0.2) is 16.8 Å². The summed E-state index contributed by atoms with van der Waals surface area (Å²) in [6.07, 6.45) is 8.16. The highest BCUT2D eigenvalue weighted by Gasteiger charge is 2.30. The van der Waals surface area contributed by atoms with Crippen LogP contribution in [0.25, 0.3) is 11.3 Å². The van der Waals surface area contributed by atoms with E-state index in [1.807, 2.05) is 19.2 Å². The number of anilines is 1. The molecule has 5 nitrogen and oxygen atoms in total. The Morgan fingerprint density at radius 2 is 2.00 bits per heavy atom. The van der Waals surface area contributed by atoms with Crippen molar-refractivity contribution in [2.75, 3.05) is 18.0 Å². The Morgan fingerprint density at radius 1 is 1.19 bits per heavy atom. The largest absolute Gasteiger partial charge is 0.356 e. The standard InChI is InChI=1S/C16H20N4O/c1-11-9-14(21-19-11)13-10-17-16(18-15(13)12-5-6-12)20-7-3-2-4-8-20/h9-10,12H,2-8H2,1H3. The Morgan fingerprint density at radius 3 is 2.67 bits per heavy atom. The van der Waals surface area contributed by atoms with Gasteiger partial charge in [0.15, 0.2) is 5.76 Å². The number of nitrogens with zero attached hydrogens (tertiary/aromatic N) is 4. The van der Waals surface area contributed by atoms with Gasteiger partial charge in [-0.05, 0) is 39.0 Å². The minimum Gasteiger partial charge on any atom is -0.356 e. The van der Waals surface area contributed by atoms with Crippen molar-refractivity contribution >= 4 is 5.95 Å². The van der Waals surface area contributed by atoms with Crippen molar-refractivity contribution in [2.45, 2.75) is 44.9 Å². The average Bonchev–Trinajstić information content (AvgIpc) is 3.29. The van der Waals surface area contributed by atoms with Crippen LogP contribution in [0.4, 0.5) is 5.95 Å². The number of hydrogen-bond acceptors (Lipinski definition) is 5. The van der Waals surface area contributed by atoms with Crippen LogP contribution in [0.3, 0.4) is 0 Å². The SMILES string of the molecule is Cc1cc(-c2cnc(N3CCCCC3)nc2C2CC2)on1. The topological polar surface area (TPSA) is 55.1 Å². The van der Waals surface area contributed by atoms with Crippen molar-refractivity contribution in [3.8, 4) is 11.3 Å². The molecule has 2 aromatic rings. The molecule has 1 aliphatic heterocycles. The fourth-order valence-corrected chi connectivity index (χ4v) is 2.98. The molecule has 0 bridgehead atoms. The van der Waals surface area contributed by atoms with Crippen molar-refractivity contribution in [2.24, 2.45) is 0 Å².